The standard InChI is InChI=1S/C23H19N3OS/c27-22-21(17-19-11-14-24-15-12-19)28-23(25-20-9-5-2-6-10-20)26(22)16-13-18-7-3-1-4-8-18/h1-12,14-15,17H,13,16H2/b21-17+,25-23?. The van der Waals surface area contributed by atoms with Crippen molar-refractivity contribution in [1.29, 1.82) is 0 Å². The molecule has 0 N–H and O–H groups in total. The van der Waals surface area contributed by atoms with Gasteiger partial charge in [0.25, 0.3) is 5.91 Å². The number of rotatable bonds is 5. The van der Waals surface area contributed by atoms with Crippen LogP contribution in [0.25, 0.3) is 6.08 Å². The lowest BCUT2D eigenvalue weighted by atomic mass is 10.1. The van der Waals surface area contributed by atoms with Gasteiger partial charge >= 0.3 is 0 Å². The van der Waals surface area contributed by atoms with Crippen molar-refractivity contribution in [1.82, 2.24) is 9.88 Å². The van der Waals surface area contributed by atoms with Gasteiger partial charge in [0.15, 0.2) is 5.17 Å². The number of hydrogen-bond acceptors (Lipinski definition) is 4. The van der Waals surface area contributed by atoms with Crippen LogP contribution in [-0.4, -0.2) is 27.5 Å². The third-order valence-corrected chi connectivity index (χ3v) is 5.35. The minimum Gasteiger partial charge on any atom is -0.286 e. The number of benzene rings is 2. The molecule has 1 aromatic heterocycles. The monoisotopic (exact) mass is 385 g/mol. The average Bonchev–Trinajstić information content (AvgIpc) is 3.03. The number of nitrogens with zero attached hydrogens (tertiary/aromatic N) is 3. The van der Waals surface area contributed by atoms with Crippen LogP contribution in [0.2, 0.25) is 0 Å². The molecule has 0 atom stereocenters. The van der Waals surface area contributed by atoms with Crippen LogP contribution in [0.4, 0.5) is 5.69 Å². The van der Waals surface area contributed by atoms with Crippen molar-refractivity contribution in [3.05, 3.63) is 101 Å². The van der Waals surface area contributed by atoms with Gasteiger partial charge in [-0.15, -0.1) is 0 Å². The first kappa shape index (κ1) is 18.2. The Labute approximate surface area is 168 Å². The Morgan fingerprint density at radius 3 is 2.32 bits per heavy atom. The highest BCUT2D eigenvalue weighted by atomic mass is 32.2. The molecule has 0 aliphatic carbocycles. The van der Waals surface area contributed by atoms with Crippen LogP contribution in [0.1, 0.15) is 11.1 Å². The van der Waals surface area contributed by atoms with Gasteiger partial charge in [-0.25, -0.2) is 4.99 Å². The Bertz CT molecular complexity index is 1000. The number of hydrogen-bond donors (Lipinski definition) is 0. The van der Waals surface area contributed by atoms with Crippen LogP contribution in [0.5, 0.6) is 0 Å². The summed E-state index contributed by atoms with van der Waals surface area (Å²) in [7, 11) is 0. The zero-order chi connectivity index (χ0) is 19.2. The number of amidine groups is 1. The lowest BCUT2D eigenvalue weighted by Crippen LogP contribution is -2.31. The summed E-state index contributed by atoms with van der Waals surface area (Å²) in [6.45, 7) is 0.592. The molecule has 3 aromatic rings. The molecule has 4 nitrogen and oxygen atoms in total. The van der Waals surface area contributed by atoms with Crippen LogP contribution in [0, 0.1) is 0 Å². The van der Waals surface area contributed by atoms with E-state index in [9.17, 15) is 4.79 Å². The highest BCUT2D eigenvalue weighted by Gasteiger charge is 2.33. The molecule has 5 heteroatoms. The molecule has 28 heavy (non-hydrogen) atoms. The summed E-state index contributed by atoms with van der Waals surface area (Å²) < 4.78 is 0. The Hall–Kier alpha value is -3.18. The van der Waals surface area contributed by atoms with Crippen molar-refractivity contribution in [2.45, 2.75) is 6.42 Å². The predicted octanol–water partition coefficient (Wildman–Crippen LogP) is 4.93. The molecular formula is C23H19N3OS. The lowest BCUT2D eigenvalue weighted by Gasteiger charge is -2.15. The molecular weight excluding hydrogens is 366 g/mol. The van der Waals surface area contributed by atoms with Gasteiger partial charge in [0.05, 0.1) is 10.6 Å². The number of amides is 1. The number of para-hydroxylation sites is 1. The molecule has 1 aliphatic rings. The first-order valence-corrected chi connectivity index (χ1v) is 9.90. The van der Waals surface area contributed by atoms with E-state index < -0.39 is 0 Å². The smallest absolute Gasteiger partial charge is 0.266 e. The van der Waals surface area contributed by atoms with E-state index in [1.807, 2.05) is 66.7 Å². The van der Waals surface area contributed by atoms with E-state index in [-0.39, 0.29) is 5.91 Å². The van der Waals surface area contributed by atoms with Crippen LogP contribution in [-0.2, 0) is 11.2 Å². The number of aromatic nitrogens is 1. The lowest BCUT2D eigenvalue weighted by molar-refractivity contribution is -0.122. The molecule has 1 aliphatic heterocycles. The third kappa shape index (κ3) is 4.38. The first-order valence-electron chi connectivity index (χ1n) is 9.09. The quantitative estimate of drug-likeness (QED) is 0.585. The maximum Gasteiger partial charge on any atom is 0.266 e. The largest absolute Gasteiger partial charge is 0.286 e. The summed E-state index contributed by atoms with van der Waals surface area (Å²) in [4.78, 5) is 24.3. The van der Waals surface area contributed by atoms with Gasteiger partial charge in [0.1, 0.15) is 0 Å². The SMILES string of the molecule is O=C1/C(=C\c2ccncc2)SC(=Nc2ccccc2)N1CCc1ccccc1. The number of carbonyl (C=O) groups excluding carboxylic acids is 1. The second-order valence-electron chi connectivity index (χ2n) is 6.31. The summed E-state index contributed by atoms with van der Waals surface area (Å²) in [5.74, 6) is -0.00701. The Kier molecular flexibility index (Phi) is 5.64. The fourth-order valence-electron chi connectivity index (χ4n) is 2.90. The molecule has 1 fully saturated rings. The fraction of sp³-hybridized carbons (Fsp3) is 0.0870. The molecule has 1 saturated heterocycles. The van der Waals surface area contributed by atoms with Gasteiger partial charge in [-0.2, -0.15) is 0 Å². The van der Waals surface area contributed by atoms with Crippen molar-refractivity contribution in [2.75, 3.05) is 6.54 Å². The highest BCUT2D eigenvalue weighted by molar-refractivity contribution is 8.18. The van der Waals surface area contributed by atoms with E-state index in [4.69, 9.17) is 4.99 Å². The second-order valence-corrected chi connectivity index (χ2v) is 7.32. The normalized spacial score (nSPS) is 16.9. The zero-order valence-electron chi connectivity index (χ0n) is 15.2. The van der Waals surface area contributed by atoms with Crippen LogP contribution >= 0.6 is 11.8 Å². The second kappa shape index (κ2) is 8.67. The van der Waals surface area contributed by atoms with Gasteiger partial charge < -0.3 is 0 Å². The highest BCUT2D eigenvalue weighted by Crippen LogP contribution is 2.34. The Morgan fingerprint density at radius 1 is 0.929 bits per heavy atom. The van der Waals surface area contributed by atoms with Gasteiger partial charge in [-0.3, -0.25) is 14.7 Å². The van der Waals surface area contributed by atoms with E-state index in [0.717, 1.165) is 17.7 Å². The van der Waals surface area contributed by atoms with Crippen molar-refractivity contribution >= 4 is 34.6 Å². The Balaban J connectivity index is 1.62. The molecule has 0 bridgehead atoms. The van der Waals surface area contributed by atoms with Crippen molar-refractivity contribution in [2.24, 2.45) is 4.99 Å². The van der Waals surface area contributed by atoms with Crippen LogP contribution < -0.4 is 0 Å². The molecule has 0 radical (unpaired) electrons. The molecule has 1 amide bonds. The molecule has 0 saturated carbocycles. The maximum atomic E-state index is 13.1. The van der Waals surface area contributed by atoms with Gasteiger partial charge in [0, 0.05) is 18.9 Å². The molecule has 138 valence electrons. The first-order chi connectivity index (χ1) is 13.8. The number of aliphatic imine (C=N–C) groups is 1. The molecule has 0 unspecified atom stereocenters. The van der Waals surface area contributed by atoms with Crippen molar-refractivity contribution < 1.29 is 4.79 Å². The predicted molar refractivity (Wildman–Crippen MR) is 115 cm³/mol. The van der Waals surface area contributed by atoms with E-state index in [2.05, 4.69) is 17.1 Å². The van der Waals surface area contributed by atoms with Crippen LogP contribution in [0.3, 0.4) is 0 Å². The van der Waals surface area contributed by atoms with Crippen LogP contribution in [0.15, 0.2) is 95.1 Å². The molecule has 2 heterocycles. The third-order valence-electron chi connectivity index (χ3n) is 4.34. The number of carbonyl (C=O) groups is 1. The minimum absolute atomic E-state index is 0.00701. The van der Waals surface area contributed by atoms with E-state index >= 15 is 0 Å². The topological polar surface area (TPSA) is 45.6 Å². The van der Waals surface area contributed by atoms with E-state index in [1.165, 1.54) is 17.3 Å². The minimum atomic E-state index is -0.00701. The van der Waals surface area contributed by atoms with E-state index in [1.54, 1.807) is 17.3 Å². The molecule has 2 aromatic carbocycles. The number of thioether (sulfide) groups is 1. The van der Waals surface area contributed by atoms with E-state index in [0.29, 0.717) is 16.6 Å². The molecule has 4 rings (SSSR count). The Morgan fingerprint density at radius 2 is 1.61 bits per heavy atom. The van der Waals surface area contributed by atoms with Crippen molar-refractivity contribution in [3.63, 3.8) is 0 Å². The van der Waals surface area contributed by atoms with Gasteiger partial charge in [-0.1, -0.05) is 48.5 Å². The average molecular weight is 385 g/mol. The van der Waals surface area contributed by atoms with Crippen molar-refractivity contribution in [3.8, 4) is 0 Å². The van der Waals surface area contributed by atoms with Gasteiger partial charge in [0.2, 0.25) is 0 Å². The summed E-state index contributed by atoms with van der Waals surface area (Å²) in [5, 5.41) is 0.715. The summed E-state index contributed by atoms with van der Waals surface area (Å²) in [6.07, 6.45) is 6.13. The summed E-state index contributed by atoms with van der Waals surface area (Å²) in [5.41, 5.74) is 2.99. The zero-order valence-corrected chi connectivity index (χ0v) is 16.0. The van der Waals surface area contributed by atoms with Gasteiger partial charge in [-0.05, 0) is 59.7 Å². The summed E-state index contributed by atoms with van der Waals surface area (Å²) >= 11 is 1.42. The fourth-order valence-corrected chi connectivity index (χ4v) is 3.92. The number of pyridine rings is 1. The maximum absolute atomic E-state index is 13.1. The summed E-state index contributed by atoms with van der Waals surface area (Å²) in [6, 6.07) is 23.7. The molecule has 0 spiro atoms.